The van der Waals surface area contributed by atoms with Crippen LogP contribution >= 0.6 is 0 Å². The Labute approximate surface area is 83.5 Å². The van der Waals surface area contributed by atoms with Crippen molar-refractivity contribution in [2.24, 2.45) is 0 Å². The molecule has 0 spiro atoms. The molecule has 0 aliphatic heterocycles. The fourth-order valence-corrected chi connectivity index (χ4v) is 1.37. The third kappa shape index (κ3) is 1.85. The van der Waals surface area contributed by atoms with E-state index in [0.29, 0.717) is 0 Å². The van der Waals surface area contributed by atoms with Gasteiger partial charge in [0.05, 0.1) is 0 Å². The number of hydrogen-bond donors (Lipinski definition) is 0. The van der Waals surface area contributed by atoms with E-state index in [1.165, 1.54) is 11.1 Å². The minimum absolute atomic E-state index is 0. The van der Waals surface area contributed by atoms with Crippen LogP contribution < -0.4 is 0 Å². The second kappa shape index (κ2) is 3.93. The van der Waals surface area contributed by atoms with Crippen LogP contribution in [0.25, 0.3) is 0 Å². The van der Waals surface area contributed by atoms with Crippen molar-refractivity contribution in [1.29, 1.82) is 0 Å². The normalized spacial score (nSPS) is 19.6. The van der Waals surface area contributed by atoms with Crippen molar-refractivity contribution >= 4 is 23.1 Å². The van der Waals surface area contributed by atoms with Gasteiger partial charge in [-0.3, -0.25) is 0 Å². The largest absolute Gasteiger partial charge is 2.00 e. The van der Waals surface area contributed by atoms with Crippen molar-refractivity contribution < 1.29 is 0 Å². The summed E-state index contributed by atoms with van der Waals surface area (Å²) in [7, 11) is 0. The van der Waals surface area contributed by atoms with Crippen LogP contribution in [0.15, 0.2) is 47.6 Å². The minimum Gasteiger partial charge on any atom is -0.0801 e. The quantitative estimate of drug-likeness (QED) is 0.509. The average Bonchev–Trinajstić information content (AvgIpc) is 2.59. The summed E-state index contributed by atoms with van der Waals surface area (Å²) < 4.78 is 0. The summed E-state index contributed by atoms with van der Waals surface area (Å²) in [6, 6.07) is 0. The maximum absolute atomic E-state index is 2.21. The molecule has 0 nitrogen and oxygen atoms in total. The fraction of sp³-hybridized carbons (Fsp3) is 0.200. The fourth-order valence-electron chi connectivity index (χ4n) is 1.37. The summed E-state index contributed by atoms with van der Waals surface area (Å²) in [6.45, 7) is 0. The summed E-state index contributed by atoms with van der Waals surface area (Å²) in [5, 5.41) is 0. The average molecular weight is 154 g/mol. The molecule has 0 aromatic heterocycles. The van der Waals surface area contributed by atoms with E-state index >= 15 is 0 Å². The number of allylic oxidation sites excluding steroid dienone is 8. The monoisotopic (exact) mass is 154 g/mol. The molecule has 2 aliphatic carbocycles. The molecule has 0 N–H and O–H groups in total. The van der Waals surface area contributed by atoms with Gasteiger partial charge < -0.3 is 0 Å². The first-order chi connectivity index (χ1) is 4.97. The van der Waals surface area contributed by atoms with Crippen LogP contribution in [0.4, 0.5) is 0 Å². The maximum Gasteiger partial charge on any atom is 2.00 e. The number of rotatable bonds is 1. The van der Waals surface area contributed by atoms with Gasteiger partial charge in [0.2, 0.25) is 0 Å². The number of hydrogen-bond acceptors (Lipinski definition) is 0. The van der Waals surface area contributed by atoms with E-state index in [-0.39, 0.29) is 23.1 Å². The summed E-state index contributed by atoms with van der Waals surface area (Å²) >= 11 is 0. The molecule has 11 heavy (non-hydrogen) atoms. The molecule has 0 bridgehead atoms. The van der Waals surface area contributed by atoms with E-state index in [1.807, 2.05) is 0 Å². The summed E-state index contributed by atoms with van der Waals surface area (Å²) in [5.41, 5.74) is 2.98. The van der Waals surface area contributed by atoms with Crippen molar-refractivity contribution in [3.8, 4) is 0 Å². The van der Waals surface area contributed by atoms with Crippen LogP contribution in [0.1, 0.15) is 12.8 Å². The molecule has 1 heteroatoms. The topological polar surface area (TPSA) is 0 Å². The Hall–Kier alpha value is -0.274. The predicted molar refractivity (Wildman–Crippen MR) is 49.4 cm³/mol. The van der Waals surface area contributed by atoms with Gasteiger partial charge in [-0.2, -0.15) is 0 Å². The van der Waals surface area contributed by atoms with Gasteiger partial charge in [0, 0.05) is 0 Å². The van der Waals surface area contributed by atoms with E-state index in [2.05, 4.69) is 36.5 Å². The van der Waals surface area contributed by atoms with Gasteiger partial charge in [0.25, 0.3) is 0 Å². The van der Waals surface area contributed by atoms with Crippen molar-refractivity contribution in [1.82, 2.24) is 0 Å². The van der Waals surface area contributed by atoms with Crippen LogP contribution in [-0.4, -0.2) is 23.1 Å². The second-order valence-electron chi connectivity index (χ2n) is 2.65. The molecule has 0 unspecified atom stereocenters. The smallest absolute Gasteiger partial charge is 0.0801 e. The Kier molecular flexibility index (Phi) is 3.15. The third-order valence-corrected chi connectivity index (χ3v) is 1.95. The molecule has 0 fully saturated rings. The van der Waals surface area contributed by atoms with Crippen LogP contribution in [0.3, 0.4) is 0 Å². The standard InChI is InChI=1S/C10H10.Mg/c1-2-6-9(5-1)10-7-3-4-8-10;/h1-5,7H,6,8H2;/q;+2. The zero-order valence-corrected chi connectivity index (χ0v) is 8.00. The van der Waals surface area contributed by atoms with Crippen LogP contribution in [-0.2, 0) is 0 Å². The molecule has 0 heterocycles. The van der Waals surface area contributed by atoms with E-state index in [4.69, 9.17) is 0 Å². The molecule has 0 saturated heterocycles. The molecule has 0 amide bonds. The van der Waals surface area contributed by atoms with E-state index in [9.17, 15) is 0 Å². The summed E-state index contributed by atoms with van der Waals surface area (Å²) in [5.74, 6) is 0. The van der Waals surface area contributed by atoms with Crippen LogP contribution in [0, 0.1) is 0 Å². The first-order valence-corrected chi connectivity index (χ1v) is 3.68. The van der Waals surface area contributed by atoms with Crippen LogP contribution in [0.2, 0.25) is 0 Å². The zero-order chi connectivity index (χ0) is 6.81. The minimum atomic E-state index is 0. The molecule has 0 aromatic carbocycles. The van der Waals surface area contributed by atoms with E-state index in [1.54, 1.807) is 0 Å². The van der Waals surface area contributed by atoms with Gasteiger partial charge in [-0.15, -0.1) is 0 Å². The Bertz CT molecular complexity index is 226. The molecule has 2 rings (SSSR count). The zero-order valence-electron chi connectivity index (χ0n) is 6.59. The first kappa shape index (κ1) is 8.82. The molecule has 2 aliphatic rings. The first-order valence-electron chi connectivity index (χ1n) is 3.68. The Morgan fingerprint density at radius 3 is 1.55 bits per heavy atom. The van der Waals surface area contributed by atoms with Crippen molar-refractivity contribution in [3.63, 3.8) is 0 Å². The molecule has 50 valence electrons. The Morgan fingerprint density at radius 2 is 1.27 bits per heavy atom. The van der Waals surface area contributed by atoms with Crippen LogP contribution in [0.5, 0.6) is 0 Å². The van der Waals surface area contributed by atoms with Crippen molar-refractivity contribution in [2.45, 2.75) is 12.8 Å². The van der Waals surface area contributed by atoms with E-state index < -0.39 is 0 Å². The molecule has 0 aromatic rings. The Morgan fingerprint density at radius 1 is 0.818 bits per heavy atom. The third-order valence-electron chi connectivity index (χ3n) is 1.95. The summed E-state index contributed by atoms with van der Waals surface area (Å²) in [6.07, 6.45) is 15.4. The van der Waals surface area contributed by atoms with Gasteiger partial charge in [-0.25, -0.2) is 0 Å². The predicted octanol–water partition coefficient (Wildman–Crippen LogP) is 2.38. The molecular formula is C10H10Mg+2. The maximum atomic E-state index is 2.21. The van der Waals surface area contributed by atoms with Gasteiger partial charge in [0.15, 0.2) is 0 Å². The van der Waals surface area contributed by atoms with Crippen molar-refractivity contribution in [2.75, 3.05) is 0 Å². The van der Waals surface area contributed by atoms with E-state index in [0.717, 1.165) is 12.8 Å². The molecule has 0 saturated carbocycles. The SMILES string of the molecule is C1=CCC(C2=CC=CC2)=C1.[Mg+2]. The molecular weight excluding hydrogens is 144 g/mol. The molecule has 0 radical (unpaired) electrons. The summed E-state index contributed by atoms with van der Waals surface area (Å²) in [4.78, 5) is 0. The van der Waals surface area contributed by atoms with Gasteiger partial charge >= 0.3 is 23.1 Å². The van der Waals surface area contributed by atoms with Gasteiger partial charge in [0.1, 0.15) is 0 Å². The van der Waals surface area contributed by atoms with Gasteiger partial charge in [-0.1, -0.05) is 36.5 Å². The Balaban J connectivity index is 0.000000605. The molecule has 0 atom stereocenters. The second-order valence-corrected chi connectivity index (χ2v) is 2.65. The van der Waals surface area contributed by atoms with Gasteiger partial charge in [-0.05, 0) is 24.0 Å². The van der Waals surface area contributed by atoms with Crippen molar-refractivity contribution in [3.05, 3.63) is 47.6 Å².